The summed E-state index contributed by atoms with van der Waals surface area (Å²) < 4.78 is 26.7. The summed E-state index contributed by atoms with van der Waals surface area (Å²) in [6.07, 6.45) is 1.64. The number of thiazole rings is 1. The number of amides is 2. The van der Waals surface area contributed by atoms with E-state index in [1.54, 1.807) is 18.5 Å². The Kier molecular flexibility index (Phi) is 5.27. The largest absolute Gasteiger partial charge is 0.383 e. The summed E-state index contributed by atoms with van der Waals surface area (Å²) in [5, 5.41) is 18.0. The number of benzene rings is 1. The second-order valence-electron chi connectivity index (χ2n) is 5.32. The molecule has 124 valence electrons. The molecule has 0 bridgehead atoms. The van der Waals surface area contributed by atoms with Gasteiger partial charge in [0.05, 0.1) is 12.6 Å². The SMILES string of the molecule is C[C@@H](NC(=O)NC[C@](C)(O)c1ccc(F)cc1F)c1nccs1. The highest BCUT2D eigenvalue weighted by atomic mass is 32.1. The van der Waals surface area contributed by atoms with Crippen LogP contribution in [0.1, 0.15) is 30.5 Å². The number of nitrogens with zero attached hydrogens (tertiary/aromatic N) is 1. The first-order valence-corrected chi connectivity index (χ1v) is 7.79. The second kappa shape index (κ2) is 7.01. The Balaban J connectivity index is 1.94. The van der Waals surface area contributed by atoms with Gasteiger partial charge in [0, 0.05) is 23.2 Å². The molecule has 0 radical (unpaired) electrons. The molecule has 1 aromatic heterocycles. The highest BCUT2D eigenvalue weighted by Gasteiger charge is 2.27. The molecule has 2 amide bonds. The van der Waals surface area contributed by atoms with Gasteiger partial charge in [-0.3, -0.25) is 0 Å². The average Bonchev–Trinajstić information content (AvgIpc) is 2.99. The fourth-order valence-corrected chi connectivity index (χ4v) is 2.68. The summed E-state index contributed by atoms with van der Waals surface area (Å²) in [5.74, 6) is -1.60. The molecule has 0 unspecified atom stereocenters. The third-order valence-corrected chi connectivity index (χ3v) is 4.23. The summed E-state index contributed by atoms with van der Waals surface area (Å²) in [6, 6.07) is 2.09. The molecule has 8 heteroatoms. The Hall–Kier alpha value is -2.06. The number of halogens is 2. The van der Waals surface area contributed by atoms with Crippen molar-refractivity contribution in [3.8, 4) is 0 Å². The lowest BCUT2D eigenvalue weighted by atomic mass is 9.95. The van der Waals surface area contributed by atoms with Crippen LogP contribution in [0.2, 0.25) is 0 Å². The predicted octanol–water partition coefficient (Wildman–Crippen LogP) is 2.69. The Labute approximate surface area is 136 Å². The van der Waals surface area contributed by atoms with Gasteiger partial charge >= 0.3 is 6.03 Å². The second-order valence-corrected chi connectivity index (χ2v) is 6.24. The van der Waals surface area contributed by atoms with E-state index in [9.17, 15) is 18.7 Å². The van der Waals surface area contributed by atoms with Crippen molar-refractivity contribution in [2.75, 3.05) is 6.54 Å². The Morgan fingerprint density at radius 1 is 1.48 bits per heavy atom. The molecule has 2 rings (SSSR count). The van der Waals surface area contributed by atoms with Crippen LogP contribution >= 0.6 is 11.3 Å². The van der Waals surface area contributed by atoms with Gasteiger partial charge in [0.1, 0.15) is 22.2 Å². The molecule has 1 heterocycles. The van der Waals surface area contributed by atoms with Crippen molar-refractivity contribution in [1.82, 2.24) is 15.6 Å². The van der Waals surface area contributed by atoms with E-state index in [2.05, 4.69) is 15.6 Å². The number of hydrogen-bond donors (Lipinski definition) is 3. The third kappa shape index (κ3) is 4.46. The van der Waals surface area contributed by atoms with Crippen LogP contribution in [0.15, 0.2) is 29.8 Å². The van der Waals surface area contributed by atoms with E-state index in [1.807, 2.05) is 0 Å². The average molecular weight is 341 g/mol. The van der Waals surface area contributed by atoms with Crippen LogP contribution in [0.4, 0.5) is 13.6 Å². The normalized spacial score (nSPS) is 14.8. The molecule has 2 atom stereocenters. The minimum Gasteiger partial charge on any atom is -0.383 e. The van der Waals surface area contributed by atoms with Crippen molar-refractivity contribution < 1.29 is 18.7 Å². The van der Waals surface area contributed by atoms with Gasteiger partial charge < -0.3 is 15.7 Å². The molecular weight excluding hydrogens is 324 g/mol. The zero-order valence-electron chi connectivity index (χ0n) is 12.6. The minimum absolute atomic E-state index is 0.0906. The summed E-state index contributed by atoms with van der Waals surface area (Å²) in [6.45, 7) is 2.88. The molecular formula is C15H17F2N3O2S. The number of nitrogens with one attached hydrogen (secondary N) is 2. The first kappa shape index (κ1) is 17.3. The van der Waals surface area contributed by atoms with Crippen LogP contribution in [-0.4, -0.2) is 22.7 Å². The first-order valence-electron chi connectivity index (χ1n) is 6.91. The number of aromatic nitrogens is 1. The topological polar surface area (TPSA) is 74.2 Å². The van der Waals surface area contributed by atoms with E-state index in [-0.39, 0.29) is 18.2 Å². The predicted molar refractivity (Wildman–Crippen MR) is 83.0 cm³/mol. The van der Waals surface area contributed by atoms with Gasteiger partial charge in [-0.15, -0.1) is 11.3 Å². The Morgan fingerprint density at radius 3 is 2.83 bits per heavy atom. The van der Waals surface area contributed by atoms with Crippen molar-refractivity contribution >= 4 is 17.4 Å². The fourth-order valence-electron chi connectivity index (χ4n) is 2.03. The summed E-state index contributed by atoms with van der Waals surface area (Å²) in [4.78, 5) is 15.9. The molecule has 23 heavy (non-hydrogen) atoms. The molecule has 0 aliphatic carbocycles. The molecule has 2 aromatic rings. The lowest BCUT2D eigenvalue weighted by Crippen LogP contribution is -2.44. The number of aliphatic hydroxyl groups is 1. The molecule has 0 saturated carbocycles. The van der Waals surface area contributed by atoms with E-state index in [0.29, 0.717) is 6.07 Å². The van der Waals surface area contributed by atoms with E-state index in [4.69, 9.17) is 0 Å². The first-order chi connectivity index (χ1) is 10.8. The molecule has 0 fully saturated rings. The van der Waals surface area contributed by atoms with Crippen LogP contribution in [0.3, 0.4) is 0 Å². The number of rotatable bonds is 5. The number of carbonyl (C=O) groups excluding carboxylic acids is 1. The van der Waals surface area contributed by atoms with Gasteiger partial charge in [-0.2, -0.15) is 0 Å². The van der Waals surface area contributed by atoms with Gasteiger partial charge in [-0.1, -0.05) is 6.07 Å². The molecule has 0 aliphatic heterocycles. The van der Waals surface area contributed by atoms with Crippen LogP contribution in [-0.2, 0) is 5.60 Å². The van der Waals surface area contributed by atoms with Crippen molar-refractivity contribution in [2.45, 2.75) is 25.5 Å². The molecule has 0 saturated heterocycles. The highest BCUT2D eigenvalue weighted by Crippen LogP contribution is 2.23. The quantitative estimate of drug-likeness (QED) is 0.783. The lowest BCUT2D eigenvalue weighted by molar-refractivity contribution is 0.0554. The molecule has 1 aromatic carbocycles. The monoisotopic (exact) mass is 341 g/mol. The van der Waals surface area contributed by atoms with Gasteiger partial charge in [0.25, 0.3) is 0 Å². The smallest absolute Gasteiger partial charge is 0.315 e. The standard InChI is InChI=1S/C15H17F2N3O2S/c1-9(13-18-5-6-23-13)20-14(21)19-8-15(2,22)11-4-3-10(16)7-12(11)17/h3-7,9,22H,8H2,1-2H3,(H2,19,20,21)/t9-,15+/m1/s1. The van der Waals surface area contributed by atoms with Crippen molar-refractivity contribution in [3.05, 3.63) is 52.0 Å². The maximum Gasteiger partial charge on any atom is 0.315 e. The zero-order valence-corrected chi connectivity index (χ0v) is 13.5. The van der Waals surface area contributed by atoms with Crippen molar-refractivity contribution in [1.29, 1.82) is 0 Å². The lowest BCUT2D eigenvalue weighted by Gasteiger charge is -2.25. The van der Waals surface area contributed by atoms with E-state index in [0.717, 1.165) is 17.1 Å². The summed E-state index contributed by atoms with van der Waals surface area (Å²) >= 11 is 1.41. The van der Waals surface area contributed by atoms with E-state index in [1.165, 1.54) is 18.3 Å². The molecule has 0 aliphatic rings. The third-order valence-electron chi connectivity index (χ3n) is 3.27. The van der Waals surface area contributed by atoms with Crippen LogP contribution < -0.4 is 10.6 Å². The summed E-state index contributed by atoms with van der Waals surface area (Å²) in [7, 11) is 0. The zero-order chi connectivity index (χ0) is 17.0. The maximum absolute atomic E-state index is 13.7. The van der Waals surface area contributed by atoms with Gasteiger partial charge in [0.2, 0.25) is 0 Å². The van der Waals surface area contributed by atoms with Crippen LogP contribution in [0.25, 0.3) is 0 Å². The number of carbonyl (C=O) groups is 1. The van der Waals surface area contributed by atoms with Crippen molar-refractivity contribution in [3.63, 3.8) is 0 Å². The fraction of sp³-hybridized carbons (Fsp3) is 0.333. The van der Waals surface area contributed by atoms with Gasteiger partial charge in [-0.25, -0.2) is 18.6 Å². The van der Waals surface area contributed by atoms with Gasteiger partial charge in [-0.05, 0) is 19.9 Å². The minimum atomic E-state index is -1.67. The Morgan fingerprint density at radius 2 is 2.22 bits per heavy atom. The number of urea groups is 1. The molecule has 0 spiro atoms. The van der Waals surface area contributed by atoms with Crippen LogP contribution in [0.5, 0.6) is 0 Å². The summed E-state index contributed by atoms with van der Waals surface area (Å²) in [5.41, 5.74) is -1.76. The van der Waals surface area contributed by atoms with E-state index >= 15 is 0 Å². The van der Waals surface area contributed by atoms with Crippen LogP contribution in [0, 0.1) is 11.6 Å². The van der Waals surface area contributed by atoms with Crippen molar-refractivity contribution in [2.24, 2.45) is 0 Å². The van der Waals surface area contributed by atoms with E-state index < -0.39 is 23.3 Å². The Bertz CT molecular complexity index is 677. The number of hydrogen-bond acceptors (Lipinski definition) is 4. The molecule has 5 nitrogen and oxygen atoms in total. The molecule has 3 N–H and O–H groups in total. The highest BCUT2D eigenvalue weighted by molar-refractivity contribution is 7.09. The van der Waals surface area contributed by atoms with Gasteiger partial charge in [0.15, 0.2) is 0 Å². The maximum atomic E-state index is 13.7.